The highest BCUT2D eigenvalue weighted by molar-refractivity contribution is 7.14. The Morgan fingerprint density at radius 3 is 2.93 bits per heavy atom. The number of ether oxygens (including phenoxy) is 2. The molecule has 1 unspecified atom stereocenters. The lowest BCUT2D eigenvalue weighted by Crippen LogP contribution is -2.16. The molecule has 1 aliphatic heterocycles. The number of amides is 1. The molecule has 1 atom stereocenters. The van der Waals surface area contributed by atoms with E-state index in [0.717, 1.165) is 25.0 Å². The first-order valence-corrected chi connectivity index (χ1v) is 9.92. The smallest absolute Gasteiger partial charge is 0.257 e. The van der Waals surface area contributed by atoms with Crippen molar-refractivity contribution in [2.45, 2.75) is 18.9 Å². The van der Waals surface area contributed by atoms with E-state index < -0.39 is 0 Å². The lowest BCUT2D eigenvalue weighted by Gasteiger charge is -2.12. The van der Waals surface area contributed by atoms with Crippen LogP contribution in [0.25, 0.3) is 11.3 Å². The van der Waals surface area contributed by atoms with Gasteiger partial charge in [0, 0.05) is 23.1 Å². The van der Waals surface area contributed by atoms with Gasteiger partial charge >= 0.3 is 0 Å². The van der Waals surface area contributed by atoms with Crippen LogP contribution >= 0.6 is 11.3 Å². The van der Waals surface area contributed by atoms with Crippen molar-refractivity contribution in [2.24, 2.45) is 0 Å². The SMILES string of the molecule is O=C(Nc1nc(-c2ccc(F)cc2)cs1)c1cccc(OCC2CCCO2)c1. The summed E-state index contributed by atoms with van der Waals surface area (Å²) in [5.41, 5.74) is 1.97. The second-order valence-corrected chi connectivity index (χ2v) is 7.33. The van der Waals surface area contributed by atoms with Crippen molar-refractivity contribution in [1.29, 1.82) is 0 Å². The highest BCUT2D eigenvalue weighted by Crippen LogP contribution is 2.26. The topological polar surface area (TPSA) is 60.5 Å². The first-order valence-electron chi connectivity index (χ1n) is 9.05. The summed E-state index contributed by atoms with van der Waals surface area (Å²) in [4.78, 5) is 16.9. The van der Waals surface area contributed by atoms with Crippen LogP contribution in [0.5, 0.6) is 5.75 Å². The number of nitrogens with one attached hydrogen (secondary N) is 1. The summed E-state index contributed by atoms with van der Waals surface area (Å²) in [7, 11) is 0. The van der Waals surface area contributed by atoms with Crippen molar-refractivity contribution in [2.75, 3.05) is 18.5 Å². The first-order chi connectivity index (χ1) is 13.7. The molecule has 144 valence electrons. The maximum Gasteiger partial charge on any atom is 0.257 e. The minimum atomic E-state index is -0.297. The molecular formula is C21H19FN2O3S. The summed E-state index contributed by atoms with van der Waals surface area (Å²) in [5, 5.41) is 5.10. The maximum absolute atomic E-state index is 13.1. The van der Waals surface area contributed by atoms with Gasteiger partial charge in [-0.15, -0.1) is 11.3 Å². The van der Waals surface area contributed by atoms with Crippen LogP contribution in [0.4, 0.5) is 9.52 Å². The predicted molar refractivity (Wildman–Crippen MR) is 106 cm³/mol. The summed E-state index contributed by atoms with van der Waals surface area (Å²) in [6, 6.07) is 13.1. The molecule has 5 nitrogen and oxygen atoms in total. The minimum absolute atomic E-state index is 0.123. The molecule has 0 bridgehead atoms. The number of thiazole rings is 1. The lowest BCUT2D eigenvalue weighted by molar-refractivity contribution is 0.0679. The normalized spacial score (nSPS) is 16.1. The maximum atomic E-state index is 13.1. The second kappa shape index (κ2) is 8.50. The largest absolute Gasteiger partial charge is 0.491 e. The van der Waals surface area contributed by atoms with Crippen molar-refractivity contribution < 1.29 is 18.7 Å². The molecule has 28 heavy (non-hydrogen) atoms. The van der Waals surface area contributed by atoms with Crippen LogP contribution in [0.3, 0.4) is 0 Å². The van der Waals surface area contributed by atoms with Gasteiger partial charge in [-0.05, 0) is 55.3 Å². The fourth-order valence-electron chi connectivity index (χ4n) is 2.95. The third-order valence-corrected chi connectivity index (χ3v) is 5.18. The molecule has 7 heteroatoms. The zero-order chi connectivity index (χ0) is 19.3. The quantitative estimate of drug-likeness (QED) is 0.650. The first kappa shape index (κ1) is 18.6. The number of hydrogen-bond acceptors (Lipinski definition) is 5. The summed E-state index contributed by atoms with van der Waals surface area (Å²) in [6.07, 6.45) is 2.18. The Morgan fingerprint density at radius 2 is 2.14 bits per heavy atom. The molecule has 2 aromatic carbocycles. The van der Waals surface area contributed by atoms with Gasteiger partial charge in [-0.25, -0.2) is 9.37 Å². The number of carbonyl (C=O) groups is 1. The van der Waals surface area contributed by atoms with E-state index >= 15 is 0 Å². The number of benzene rings is 2. The number of halogens is 1. The number of nitrogens with zero attached hydrogens (tertiary/aromatic N) is 1. The van der Waals surface area contributed by atoms with Gasteiger partial charge in [-0.2, -0.15) is 0 Å². The zero-order valence-corrected chi connectivity index (χ0v) is 15.9. The van der Waals surface area contributed by atoms with Crippen LogP contribution in [0.15, 0.2) is 53.9 Å². The van der Waals surface area contributed by atoms with E-state index in [4.69, 9.17) is 9.47 Å². The molecule has 0 aliphatic carbocycles. The van der Waals surface area contributed by atoms with E-state index in [1.54, 1.807) is 30.3 Å². The van der Waals surface area contributed by atoms with Gasteiger partial charge in [0.15, 0.2) is 5.13 Å². The molecule has 0 radical (unpaired) electrons. The van der Waals surface area contributed by atoms with Crippen molar-refractivity contribution in [3.05, 3.63) is 65.3 Å². The van der Waals surface area contributed by atoms with Crippen molar-refractivity contribution in [1.82, 2.24) is 4.98 Å². The van der Waals surface area contributed by atoms with Gasteiger partial charge in [0.1, 0.15) is 18.2 Å². The number of hydrogen-bond donors (Lipinski definition) is 1. The second-order valence-electron chi connectivity index (χ2n) is 6.47. The third kappa shape index (κ3) is 4.55. The Labute approximate surface area is 166 Å². The minimum Gasteiger partial charge on any atom is -0.491 e. The van der Waals surface area contributed by atoms with E-state index in [2.05, 4.69) is 10.3 Å². The van der Waals surface area contributed by atoms with Crippen molar-refractivity contribution in [3.63, 3.8) is 0 Å². The van der Waals surface area contributed by atoms with Crippen LogP contribution in [0.2, 0.25) is 0 Å². The molecule has 3 aromatic rings. The summed E-state index contributed by atoms with van der Waals surface area (Å²) < 4.78 is 24.3. The van der Waals surface area contributed by atoms with E-state index in [-0.39, 0.29) is 17.8 Å². The monoisotopic (exact) mass is 398 g/mol. The van der Waals surface area contributed by atoms with E-state index in [1.807, 2.05) is 11.4 Å². The van der Waals surface area contributed by atoms with Gasteiger partial charge in [-0.1, -0.05) is 6.07 Å². The molecule has 1 aliphatic rings. The number of carbonyl (C=O) groups excluding carboxylic acids is 1. The fourth-order valence-corrected chi connectivity index (χ4v) is 3.66. The van der Waals surface area contributed by atoms with Crippen LogP contribution in [-0.2, 0) is 4.74 Å². The summed E-state index contributed by atoms with van der Waals surface area (Å²) >= 11 is 1.32. The van der Waals surface area contributed by atoms with Gasteiger partial charge in [0.05, 0.1) is 11.8 Å². The van der Waals surface area contributed by atoms with Crippen LogP contribution < -0.4 is 10.1 Å². The van der Waals surface area contributed by atoms with Gasteiger partial charge in [0.25, 0.3) is 5.91 Å². The molecule has 1 amide bonds. The van der Waals surface area contributed by atoms with Gasteiger partial charge in [0.2, 0.25) is 0 Å². The standard InChI is InChI=1S/C21H19FN2O3S/c22-16-8-6-14(7-9-16)19-13-28-21(23-19)24-20(25)15-3-1-4-17(11-15)27-12-18-5-2-10-26-18/h1,3-4,6-9,11,13,18H,2,5,10,12H2,(H,23,24,25). The van der Waals surface area contributed by atoms with Crippen LogP contribution in [-0.4, -0.2) is 30.2 Å². The van der Waals surface area contributed by atoms with E-state index in [0.29, 0.717) is 28.7 Å². The predicted octanol–water partition coefficient (Wildman–Crippen LogP) is 4.76. The number of aromatic nitrogens is 1. The Morgan fingerprint density at radius 1 is 1.29 bits per heavy atom. The molecular weight excluding hydrogens is 379 g/mol. The highest BCUT2D eigenvalue weighted by atomic mass is 32.1. The van der Waals surface area contributed by atoms with Gasteiger partial charge in [-0.3, -0.25) is 10.1 Å². The van der Waals surface area contributed by atoms with Gasteiger partial charge < -0.3 is 9.47 Å². The Hall–Kier alpha value is -2.77. The molecule has 1 fully saturated rings. The lowest BCUT2D eigenvalue weighted by atomic mass is 10.2. The Kier molecular flexibility index (Phi) is 5.64. The molecule has 2 heterocycles. The van der Waals surface area contributed by atoms with Crippen molar-refractivity contribution in [3.8, 4) is 17.0 Å². The molecule has 0 spiro atoms. The van der Waals surface area contributed by atoms with E-state index in [9.17, 15) is 9.18 Å². The van der Waals surface area contributed by atoms with Crippen LogP contribution in [0.1, 0.15) is 23.2 Å². The molecule has 1 saturated heterocycles. The molecule has 1 aromatic heterocycles. The number of rotatable bonds is 6. The van der Waals surface area contributed by atoms with E-state index in [1.165, 1.54) is 23.5 Å². The molecule has 0 saturated carbocycles. The number of anilines is 1. The summed E-state index contributed by atoms with van der Waals surface area (Å²) in [5.74, 6) is 0.0750. The average Bonchev–Trinajstić information content (AvgIpc) is 3.39. The van der Waals surface area contributed by atoms with Crippen LogP contribution in [0, 0.1) is 5.82 Å². The summed E-state index contributed by atoms with van der Waals surface area (Å²) in [6.45, 7) is 1.27. The Balaban J connectivity index is 1.39. The zero-order valence-electron chi connectivity index (χ0n) is 15.1. The Bertz CT molecular complexity index is 952. The molecule has 1 N–H and O–H groups in total. The highest BCUT2D eigenvalue weighted by Gasteiger charge is 2.16. The fraction of sp³-hybridized carbons (Fsp3) is 0.238. The third-order valence-electron chi connectivity index (χ3n) is 4.42. The molecule has 4 rings (SSSR count). The average molecular weight is 398 g/mol. The van der Waals surface area contributed by atoms with Crippen molar-refractivity contribution >= 4 is 22.4 Å².